The molecule has 6 N–H and O–H groups in total. The molecular formula is C18H18N4O3. The third-order valence-corrected chi connectivity index (χ3v) is 3.20. The molecule has 2 rings (SSSR count). The number of aliphatic imine (C=N–C) groups is 1. The number of carboxylic acid groups (broad SMARTS) is 1. The molecule has 0 heterocycles. The minimum Gasteiger partial charge on any atom is -0.477 e. The molecule has 0 bridgehead atoms. The maximum atomic E-state index is 12.3. The molecular weight excluding hydrogens is 320 g/mol. The summed E-state index contributed by atoms with van der Waals surface area (Å²) in [6.07, 6.45) is 1.40. The van der Waals surface area contributed by atoms with Crippen molar-refractivity contribution < 1.29 is 14.7 Å². The minimum atomic E-state index is -1.24. The summed E-state index contributed by atoms with van der Waals surface area (Å²) in [5, 5.41) is 11.7. The number of hydrogen-bond donors (Lipinski definition) is 4. The van der Waals surface area contributed by atoms with Gasteiger partial charge in [-0.3, -0.25) is 4.79 Å². The molecule has 7 heteroatoms. The number of aryl methyl sites for hydroxylation is 1. The fourth-order valence-electron chi connectivity index (χ4n) is 2.14. The van der Waals surface area contributed by atoms with Crippen molar-refractivity contribution in [2.75, 3.05) is 0 Å². The van der Waals surface area contributed by atoms with Crippen molar-refractivity contribution in [3.8, 4) is 0 Å². The molecule has 7 nitrogen and oxygen atoms in total. The van der Waals surface area contributed by atoms with E-state index in [1.54, 1.807) is 24.3 Å². The zero-order valence-electron chi connectivity index (χ0n) is 13.6. The molecule has 0 aromatic heterocycles. The molecule has 0 unspecified atom stereocenters. The summed E-state index contributed by atoms with van der Waals surface area (Å²) in [6.45, 7) is 1.89. The van der Waals surface area contributed by atoms with Crippen molar-refractivity contribution in [1.29, 1.82) is 0 Å². The molecule has 0 saturated carbocycles. The van der Waals surface area contributed by atoms with Crippen LogP contribution >= 0.6 is 0 Å². The van der Waals surface area contributed by atoms with Gasteiger partial charge in [0.15, 0.2) is 5.96 Å². The highest BCUT2D eigenvalue weighted by atomic mass is 16.4. The highest BCUT2D eigenvalue weighted by Gasteiger charge is 2.14. The monoisotopic (exact) mass is 338 g/mol. The van der Waals surface area contributed by atoms with Crippen LogP contribution in [0, 0.1) is 6.92 Å². The Bertz CT molecular complexity index is 868. The summed E-state index contributed by atoms with van der Waals surface area (Å²) in [7, 11) is 0. The molecule has 0 fully saturated rings. The first-order valence-corrected chi connectivity index (χ1v) is 7.38. The Morgan fingerprint density at radius 2 is 1.84 bits per heavy atom. The predicted molar refractivity (Wildman–Crippen MR) is 96.2 cm³/mol. The van der Waals surface area contributed by atoms with Gasteiger partial charge in [0.05, 0.1) is 5.69 Å². The molecule has 2 aromatic carbocycles. The quantitative estimate of drug-likeness (QED) is 0.375. The lowest BCUT2D eigenvalue weighted by atomic mass is 10.1. The van der Waals surface area contributed by atoms with Crippen LogP contribution in [0.3, 0.4) is 0 Å². The number of rotatable bonds is 5. The number of nitrogens with one attached hydrogen (secondary N) is 1. The number of aliphatic carboxylic acids is 1. The van der Waals surface area contributed by atoms with E-state index >= 15 is 0 Å². The predicted octanol–water partition coefficient (Wildman–Crippen LogP) is 1.76. The lowest BCUT2D eigenvalue weighted by Crippen LogP contribution is -2.27. The standard InChI is InChI=1S/C18H18N4O3/c1-11-4-2-5-12(8-11)9-15(17(24)25)22-16(23)13-6-3-7-14(10-13)21-18(19)20/h2-10H,1H3,(H,22,23)(H,24,25)(H4,19,20,21)/b15-9+. The molecule has 25 heavy (non-hydrogen) atoms. The highest BCUT2D eigenvalue weighted by molar-refractivity contribution is 6.03. The Morgan fingerprint density at radius 3 is 2.48 bits per heavy atom. The third-order valence-electron chi connectivity index (χ3n) is 3.20. The second kappa shape index (κ2) is 7.78. The lowest BCUT2D eigenvalue weighted by molar-refractivity contribution is -0.132. The Kier molecular flexibility index (Phi) is 5.52. The number of carboxylic acids is 1. The van der Waals surface area contributed by atoms with E-state index in [4.69, 9.17) is 11.5 Å². The SMILES string of the molecule is Cc1cccc(/C=C(/NC(=O)c2cccc(N=C(N)N)c2)C(=O)O)c1. The zero-order valence-corrected chi connectivity index (χ0v) is 13.6. The van der Waals surface area contributed by atoms with Crippen LogP contribution in [-0.4, -0.2) is 22.9 Å². The van der Waals surface area contributed by atoms with Crippen molar-refractivity contribution in [3.63, 3.8) is 0 Å². The van der Waals surface area contributed by atoms with Gasteiger partial charge in [-0.2, -0.15) is 0 Å². The summed E-state index contributed by atoms with van der Waals surface area (Å²) < 4.78 is 0. The molecule has 2 aromatic rings. The van der Waals surface area contributed by atoms with Gasteiger partial charge in [-0.05, 0) is 36.8 Å². The largest absolute Gasteiger partial charge is 0.477 e. The van der Waals surface area contributed by atoms with E-state index in [1.807, 2.05) is 19.1 Å². The average molecular weight is 338 g/mol. The minimum absolute atomic E-state index is 0.136. The van der Waals surface area contributed by atoms with Gasteiger partial charge in [-0.25, -0.2) is 9.79 Å². The summed E-state index contributed by atoms with van der Waals surface area (Å²) in [5.41, 5.74) is 12.7. The first-order valence-electron chi connectivity index (χ1n) is 7.38. The van der Waals surface area contributed by atoms with E-state index in [2.05, 4.69) is 10.3 Å². The molecule has 128 valence electrons. The van der Waals surface area contributed by atoms with Crippen LogP contribution in [0.5, 0.6) is 0 Å². The van der Waals surface area contributed by atoms with E-state index in [9.17, 15) is 14.7 Å². The number of hydrogen-bond acceptors (Lipinski definition) is 3. The van der Waals surface area contributed by atoms with E-state index in [0.717, 1.165) is 5.56 Å². The van der Waals surface area contributed by atoms with Crippen LogP contribution in [0.25, 0.3) is 6.08 Å². The molecule has 0 aliphatic rings. The summed E-state index contributed by atoms with van der Waals surface area (Å²) in [4.78, 5) is 27.6. The maximum absolute atomic E-state index is 12.3. The van der Waals surface area contributed by atoms with Crippen LogP contribution in [0.15, 0.2) is 59.2 Å². The number of nitrogens with zero attached hydrogens (tertiary/aromatic N) is 1. The first-order chi connectivity index (χ1) is 11.8. The van der Waals surface area contributed by atoms with E-state index in [-0.39, 0.29) is 17.2 Å². The Balaban J connectivity index is 2.27. The van der Waals surface area contributed by atoms with Gasteiger partial charge < -0.3 is 21.9 Å². The topological polar surface area (TPSA) is 131 Å². The number of nitrogens with two attached hydrogens (primary N) is 2. The molecule has 0 saturated heterocycles. The van der Waals surface area contributed by atoms with Gasteiger partial charge in [0.25, 0.3) is 5.91 Å². The fourth-order valence-corrected chi connectivity index (χ4v) is 2.14. The lowest BCUT2D eigenvalue weighted by Gasteiger charge is -2.07. The van der Waals surface area contributed by atoms with Crippen LogP contribution in [0.2, 0.25) is 0 Å². The first kappa shape index (κ1) is 17.7. The molecule has 0 atom stereocenters. The van der Waals surface area contributed by atoms with Crippen molar-refractivity contribution in [1.82, 2.24) is 5.32 Å². The van der Waals surface area contributed by atoms with Crippen molar-refractivity contribution in [2.24, 2.45) is 16.5 Å². The number of amides is 1. The number of carbonyl (C=O) groups excluding carboxylic acids is 1. The van der Waals surface area contributed by atoms with E-state index in [1.165, 1.54) is 18.2 Å². The molecule has 0 aliphatic carbocycles. The van der Waals surface area contributed by atoms with Gasteiger partial charge in [0.2, 0.25) is 0 Å². The van der Waals surface area contributed by atoms with E-state index < -0.39 is 11.9 Å². The molecule has 0 radical (unpaired) electrons. The van der Waals surface area contributed by atoms with Crippen LogP contribution in [0.1, 0.15) is 21.5 Å². The smallest absolute Gasteiger partial charge is 0.352 e. The Hall–Kier alpha value is -3.61. The van der Waals surface area contributed by atoms with Gasteiger partial charge in [0, 0.05) is 5.56 Å². The normalized spacial score (nSPS) is 10.8. The third kappa shape index (κ3) is 5.21. The fraction of sp³-hybridized carbons (Fsp3) is 0.0556. The maximum Gasteiger partial charge on any atom is 0.352 e. The molecule has 1 amide bonds. The number of guanidine groups is 1. The number of carbonyl (C=O) groups is 2. The van der Waals surface area contributed by atoms with Crippen LogP contribution in [-0.2, 0) is 4.79 Å². The Labute approximate surface area is 144 Å². The average Bonchev–Trinajstić information content (AvgIpc) is 2.53. The summed E-state index contributed by atoms with van der Waals surface area (Å²) in [5.74, 6) is -1.95. The van der Waals surface area contributed by atoms with E-state index in [0.29, 0.717) is 11.3 Å². The zero-order chi connectivity index (χ0) is 18.4. The van der Waals surface area contributed by atoms with Crippen molar-refractivity contribution in [3.05, 3.63) is 70.9 Å². The second-order valence-corrected chi connectivity index (χ2v) is 5.32. The van der Waals surface area contributed by atoms with Gasteiger partial charge in [-0.1, -0.05) is 35.9 Å². The van der Waals surface area contributed by atoms with Gasteiger partial charge >= 0.3 is 5.97 Å². The van der Waals surface area contributed by atoms with Gasteiger partial charge in [-0.15, -0.1) is 0 Å². The second-order valence-electron chi connectivity index (χ2n) is 5.32. The van der Waals surface area contributed by atoms with Crippen molar-refractivity contribution >= 4 is 29.6 Å². The summed E-state index contributed by atoms with van der Waals surface area (Å²) in [6, 6.07) is 13.5. The molecule has 0 spiro atoms. The molecule has 0 aliphatic heterocycles. The number of benzene rings is 2. The van der Waals surface area contributed by atoms with Crippen molar-refractivity contribution in [2.45, 2.75) is 6.92 Å². The Morgan fingerprint density at radius 1 is 1.12 bits per heavy atom. The summed E-state index contributed by atoms with van der Waals surface area (Å²) >= 11 is 0. The van der Waals surface area contributed by atoms with Crippen LogP contribution < -0.4 is 16.8 Å². The van der Waals surface area contributed by atoms with Crippen LogP contribution in [0.4, 0.5) is 5.69 Å². The highest BCUT2D eigenvalue weighted by Crippen LogP contribution is 2.15. The van der Waals surface area contributed by atoms with Gasteiger partial charge in [0.1, 0.15) is 5.70 Å².